The third-order valence-corrected chi connectivity index (χ3v) is 5.87. The van der Waals surface area contributed by atoms with Crippen LogP contribution in [0.15, 0.2) is 61.3 Å². The van der Waals surface area contributed by atoms with E-state index in [0.29, 0.717) is 30.1 Å². The maximum absolute atomic E-state index is 13.6. The van der Waals surface area contributed by atoms with Gasteiger partial charge in [0.2, 0.25) is 11.8 Å². The Hall–Kier alpha value is -4.94. The second kappa shape index (κ2) is 10.1. The molecule has 0 unspecified atom stereocenters. The second-order valence-corrected chi connectivity index (χ2v) is 8.84. The van der Waals surface area contributed by atoms with Crippen LogP contribution >= 0.6 is 0 Å². The number of alkyl halides is 3. The molecule has 0 saturated heterocycles. The number of fused-ring (bicyclic) bond motifs is 1. The van der Waals surface area contributed by atoms with Gasteiger partial charge in [-0.15, -0.1) is 0 Å². The van der Waals surface area contributed by atoms with E-state index in [1.54, 1.807) is 31.3 Å². The minimum Gasteiger partial charge on any atom is -0.439 e. The first-order valence-electron chi connectivity index (χ1n) is 11.8. The molecule has 0 atom stereocenters. The molecule has 13 heteroatoms. The Morgan fingerprint density at radius 3 is 2.56 bits per heavy atom. The van der Waals surface area contributed by atoms with Crippen molar-refractivity contribution in [3.63, 3.8) is 0 Å². The number of imidazole rings is 1. The molecule has 3 amide bonds. The van der Waals surface area contributed by atoms with Gasteiger partial charge in [-0.1, -0.05) is 0 Å². The molecule has 0 bridgehead atoms. The van der Waals surface area contributed by atoms with Crippen LogP contribution in [0.25, 0.3) is 5.69 Å². The Balaban J connectivity index is 1.34. The van der Waals surface area contributed by atoms with Crippen molar-refractivity contribution in [2.45, 2.75) is 26.4 Å². The van der Waals surface area contributed by atoms with E-state index in [1.807, 2.05) is 0 Å². The molecule has 3 heterocycles. The molecule has 0 aliphatic carbocycles. The van der Waals surface area contributed by atoms with E-state index in [9.17, 15) is 22.8 Å². The molecule has 10 nitrogen and oxygen atoms in total. The van der Waals surface area contributed by atoms with Crippen molar-refractivity contribution in [1.29, 1.82) is 0 Å². The molecule has 2 N–H and O–H groups in total. The van der Waals surface area contributed by atoms with Gasteiger partial charge in [-0.2, -0.15) is 13.2 Å². The van der Waals surface area contributed by atoms with Gasteiger partial charge in [0.1, 0.15) is 17.9 Å². The van der Waals surface area contributed by atoms with Gasteiger partial charge in [-0.3, -0.25) is 9.69 Å². The topological polar surface area (TPSA) is 114 Å². The zero-order chi connectivity index (χ0) is 27.7. The zero-order valence-electron chi connectivity index (χ0n) is 20.8. The number of nitrogens with zero attached hydrogens (tertiary/aromatic N) is 5. The fraction of sp³-hybridized carbons (Fsp3) is 0.192. The Kier molecular flexibility index (Phi) is 6.64. The standard InChI is InChI=1S/C26H22F3N7O3/c1-15-12-35(14-32-15)20-9-18(26(27,28)29)8-19(10-20)34-25(38)36-6-5-17-7-21(3-4-22(17)36)39-24-11-23(30-13-31-24)33-16(2)37/h3-4,7-14H,5-6H2,1-2H3,(H,34,38)(H,30,31,33,37). The molecule has 2 aromatic heterocycles. The lowest BCUT2D eigenvalue weighted by Crippen LogP contribution is -2.33. The summed E-state index contributed by atoms with van der Waals surface area (Å²) in [5, 5.41) is 5.15. The molecule has 39 heavy (non-hydrogen) atoms. The van der Waals surface area contributed by atoms with E-state index in [0.717, 1.165) is 17.7 Å². The first-order chi connectivity index (χ1) is 18.5. The van der Waals surface area contributed by atoms with Gasteiger partial charge in [-0.05, 0) is 55.3 Å². The van der Waals surface area contributed by atoms with Gasteiger partial charge in [0.05, 0.1) is 17.6 Å². The highest BCUT2D eigenvalue weighted by atomic mass is 19.4. The predicted molar refractivity (Wildman–Crippen MR) is 136 cm³/mol. The van der Waals surface area contributed by atoms with Crippen molar-refractivity contribution in [3.05, 3.63) is 78.1 Å². The quantitative estimate of drug-likeness (QED) is 0.356. The highest BCUT2D eigenvalue weighted by Crippen LogP contribution is 2.35. The number of carbonyl (C=O) groups is 2. The number of ether oxygens (including phenoxy) is 1. The van der Waals surface area contributed by atoms with Crippen LogP contribution in [0.1, 0.15) is 23.7 Å². The molecule has 5 rings (SSSR count). The Morgan fingerprint density at radius 1 is 1.03 bits per heavy atom. The lowest BCUT2D eigenvalue weighted by molar-refractivity contribution is -0.137. The van der Waals surface area contributed by atoms with Crippen molar-refractivity contribution in [2.24, 2.45) is 0 Å². The lowest BCUT2D eigenvalue weighted by Gasteiger charge is -2.20. The maximum atomic E-state index is 13.6. The first-order valence-corrected chi connectivity index (χ1v) is 11.8. The van der Waals surface area contributed by atoms with Crippen molar-refractivity contribution < 1.29 is 27.5 Å². The number of urea groups is 1. The second-order valence-electron chi connectivity index (χ2n) is 8.84. The summed E-state index contributed by atoms with van der Waals surface area (Å²) >= 11 is 0. The highest BCUT2D eigenvalue weighted by molar-refractivity contribution is 6.03. The fourth-order valence-electron chi connectivity index (χ4n) is 4.17. The largest absolute Gasteiger partial charge is 0.439 e. The molecule has 0 radical (unpaired) electrons. The van der Waals surface area contributed by atoms with Crippen molar-refractivity contribution in [2.75, 3.05) is 22.1 Å². The van der Waals surface area contributed by atoms with Gasteiger partial charge in [0, 0.05) is 42.8 Å². The van der Waals surface area contributed by atoms with Crippen LogP contribution in [0.2, 0.25) is 0 Å². The predicted octanol–water partition coefficient (Wildman–Crippen LogP) is 5.33. The number of nitrogens with one attached hydrogen (secondary N) is 2. The van der Waals surface area contributed by atoms with E-state index in [1.165, 1.54) is 41.2 Å². The molecule has 0 saturated carbocycles. The molecule has 0 spiro atoms. The minimum atomic E-state index is -4.60. The van der Waals surface area contributed by atoms with Crippen LogP contribution in [0, 0.1) is 6.92 Å². The summed E-state index contributed by atoms with van der Waals surface area (Å²) in [7, 11) is 0. The number of carbonyl (C=O) groups excluding carboxylic acids is 2. The number of halogens is 3. The molecule has 1 aliphatic rings. The van der Waals surface area contributed by atoms with Gasteiger partial charge in [-0.25, -0.2) is 19.7 Å². The summed E-state index contributed by atoms with van der Waals surface area (Å²) in [6, 6.07) is 9.36. The average molecular weight is 538 g/mol. The van der Waals surface area contributed by atoms with Gasteiger partial charge in [0.15, 0.2) is 0 Å². The van der Waals surface area contributed by atoms with Crippen molar-refractivity contribution in [3.8, 4) is 17.3 Å². The molecular weight excluding hydrogens is 515 g/mol. The molecule has 4 aromatic rings. The van der Waals surface area contributed by atoms with Crippen LogP contribution in [-0.2, 0) is 17.4 Å². The first kappa shape index (κ1) is 25.7. The van der Waals surface area contributed by atoms with Gasteiger partial charge in [0.25, 0.3) is 0 Å². The third kappa shape index (κ3) is 5.81. The molecule has 2 aromatic carbocycles. The Morgan fingerprint density at radius 2 is 1.85 bits per heavy atom. The molecule has 0 fully saturated rings. The maximum Gasteiger partial charge on any atom is 0.416 e. The lowest BCUT2D eigenvalue weighted by atomic mass is 10.1. The number of hydrogen-bond acceptors (Lipinski definition) is 6. The van der Waals surface area contributed by atoms with Crippen LogP contribution < -0.4 is 20.3 Å². The summed E-state index contributed by atoms with van der Waals surface area (Å²) in [6.07, 6.45) is 0.180. The SMILES string of the molecule is CC(=O)Nc1cc(Oc2ccc3c(c2)CCN3C(=O)Nc2cc(-n3cnc(C)c3)cc(C(F)(F)F)c2)ncn1. The summed E-state index contributed by atoms with van der Waals surface area (Å²) in [6.45, 7) is 3.42. The van der Waals surface area contributed by atoms with E-state index in [4.69, 9.17) is 4.74 Å². The Bertz CT molecular complexity index is 1570. The summed E-state index contributed by atoms with van der Waals surface area (Å²) in [5.74, 6) is 0.683. The van der Waals surface area contributed by atoms with E-state index in [2.05, 4.69) is 25.6 Å². The zero-order valence-corrected chi connectivity index (χ0v) is 20.8. The van der Waals surface area contributed by atoms with Gasteiger partial charge >= 0.3 is 12.2 Å². The van der Waals surface area contributed by atoms with Crippen molar-refractivity contribution >= 4 is 29.1 Å². The summed E-state index contributed by atoms with van der Waals surface area (Å²) < 4.78 is 48.0. The molecule has 200 valence electrons. The number of hydrogen-bond donors (Lipinski definition) is 2. The average Bonchev–Trinajstić information content (AvgIpc) is 3.49. The number of benzene rings is 2. The van der Waals surface area contributed by atoms with Crippen LogP contribution in [-0.4, -0.2) is 38.0 Å². The fourth-order valence-corrected chi connectivity index (χ4v) is 4.17. The molecular formula is C26H22F3N7O3. The summed E-state index contributed by atoms with van der Waals surface area (Å²) in [5.41, 5.74) is 1.40. The molecule has 1 aliphatic heterocycles. The number of aromatic nitrogens is 4. The minimum absolute atomic E-state index is 0.00307. The van der Waals surface area contributed by atoms with Gasteiger partial charge < -0.3 is 19.9 Å². The van der Waals surface area contributed by atoms with Crippen LogP contribution in [0.4, 0.5) is 35.2 Å². The van der Waals surface area contributed by atoms with Crippen molar-refractivity contribution in [1.82, 2.24) is 19.5 Å². The van der Waals surface area contributed by atoms with Crippen LogP contribution in [0.3, 0.4) is 0 Å². The number of amides is 3. The third-order valence-electron chi connectivity index (χ3n) is 5.87. The smallest absolute Gasteiger partial charge is 0.416 e. The number of aryl methyl sites for hydroxylation is 1. The monoisotopic (exact) mass is 537 g/mol. The van der Waals surface area contributed by atoms with E-state index >= 15 is 0 Å². The van der Waals surface area contributed by atoms with Crippen LogP contribution in [0.5, 0.6) is 11.6 Å². The number of anilines is 3. The van der Waals surface area contributed by atoms with E-state index < -0.39 is 17.8 Å². The summed E-state index contributed by atoms with van der Waals surface area (Å²) in [4.78, 5) is 37.9. The Labute approximate surface area is 220 Å². The highest BCUT2D eigenvalue weighted by Gasteiger charge is 2.32. The van der Waals surface area contributed by atoms with E-state index in [-0.39, 0.29) is 29.0 Å². The number of rotatable bonds is 5. The normalized spacial score (nSPS) is 12.7.